The van der Waals surface area contributed by atoms with Gasteiger partial charge in [0, 0.05) is 22.1 Å². The third-order valence-electron chi connectivity index (χ3n) is 2.34. The summed E-state index contributed by atoms with van der Waals surface area (Å²) >= 11 is 3.20. The fraction of sp³-hybridized carbons (Fsp3) is 0.0833. The lowest BCUT2D eigenvalue weighted by atomic mass is 10.2. The Hall–Kier alpha value is -2.15. The Morgan fingerprint density at radius 3 is 2.79 bits per heavy atom. The summed E-state index contributed by atoms with van der Waals surface area (Å²) < 4.78 is 0.587. The Labute approximate surface area is 117 Å². The van der Waals surface area contributed by atoms with Crippen LogP contribution in [0.25, 0.3) is 0 Å². The molecule has 1 aromatic heterocycles. The Morgan fingerprint density at radius 1 is 1.37 bits per heavy atom. The normalized spacial score (nSPS) is 10.2. The molecule has 1 amide bonds. The Morgan fingerprint density at radius 2 is 2.16 bits per heavy atom. The number of carboxylic acid groups (broad SMARTS) is 1. The van der Waals surface area contributed by atoms with Crippen molar-refractivity contribution in [1.29, 1.82) is 0 Å². The second-order valence-electron chi connectivity index (χ2n) is 3.84. The highest BCUT2D eigenvalue weighted by atomic mass is 79.9. The summed E-state index contributed by atoms with van der Waals surface area (Å²) in [7, 11) is 0. The molecule has 0 bridgehead atoms. The Bertz CT molecular complexity index is 611. The molecule has 6 nitrogen and oxygen atoms in total. The predicted octanol–water partition coefficient (Wildman–Crippen LogP) is 2.05. The number of hydrogen-bond donors (Lipinski definition) is 3. The van der Waals surface area contributed by atoms with Crippen molar-refractivity contribution in [3.05, 3.63) is 46.2 Å². The van der Waals surface area contributed by atoms with Crippen LogP contribution in [0, 0.1) is 0 Å². The number of carbonyl (C=O) groups excluding carboxylic acids is 1. The van der Waals surface area contributed by atoms with E-state index in [-0.39, 0.29) is 17.9 Å². The third-order valence-corrected chi connectivity index (χ3v) is 2.80. The van der Waals surface area contributed by atoms with E-state index in [1.54, 1.807) is 18.3 Å². The van der Waals surface area contributed by atoms with Gasteiger partial charge in [0.05, 0.1) is 12.0 Å². The molecule has 0 atom stereocenters. The van der Waals surface area contributed by atoms with E-state index in [9.17, 15) is 9.59 Å². The minimum atomic E-state index is -1.05. The number of amides is 1. The van der Waals surface area contributed by atoms with Crippen LogP contribution in [0.3, 0.4) is 0 Å². The molecular weight excluding hydrogens is 314 g/mol. The number of benzene rings is 1. The van der Waals surface area contributed by atoms with Gasteiger partial charge in [-0.2, -0.15) is 5.10 Å². The van der Waals surface area contributed by atoms with E-state index >= 15 is 0 Å². The standard InChI is InChI=1S/C12H10BrN3O3/c13-8-3-7(12(18)19)4-10(5-8)15-11(17)6-9-1-2-14-16-9/h1-5H,6H2,(H,14,16)(H,15,17)(H,18,19). The van der Waals surface area contributed by atoms with Crippen LogP contribution < -0.4 is 5.32 Å². The van der Waals surface area contributed by atoms with Crippen LogP contribution in [0.5, 0.6) is 0 Å². The predicted molar refractivity (Wildman–Crippen MR) is 72.0 cm³/mol. The number of aromatic nitrogens is 2. The topological polar surface area (TPSA) is 95.1 Å². The highest BCUT2D eigenvalue weighted by molar-refractivity contribution is 9.10. The molecule has 1 aromatic carbocycles. The monoisotopic (exact) mass is 323 g/mol. The SMILES string of the molecule is O=C(Cc1ccn[nH]1)Nc1cc(Br)cc(C(=O)O)c1. The average molecular weight is 324 g/mol. The van der Waals surface area contributed by atoms with Gasteiger partial charge in [0.2, 0.25) is 5.91 Å². The zero-order valence-electron chi connectivity index (χ0n) is 9.68. The highest BCUT2D eigenvalue weighted by Crippen LogP contribution is 2.20. The molecule has 98 valence electrons. The van der Waals surface area contributed by atoms with Crippen molar-refractivity contribution >= 4 is 33.5 Å². The van der Waals surface area contributed by atoms with E-state index in [0.29, 0.717) is 15.9 Å². The van der Waals surface area contributed by atoms with Crippen molar-refractivity contribution in [3.8, 4) is 0 Å². The number of aromatic amines is 1. The molecule has 2 aromatic rings. The van der Waals surface area contributed by atoms with E-state index in [2.05, 4.69) is 31.4 Å². The molecule has 3 N–H and O–H groups in total. The number of halogens is 1. The molecule has 0 saturated carbocycles. The third kappa shape index (κ3) is 3.65. The number of nitrogens with zero attached hydrogens (tertiary/aromatic N) is 1. The maximum Gasteiger partial charge on any atom is 0.335 e. The van der Waals surface area contributed by atoms with Gasteiger partial charge >= 0.3 is 5.97 Å². The number of hydrogen-bond acceptors (Lipinski definition) is 3. The second kappa shape index (κ2) is 5.66. The molecule has 0 aliphatic rings. The molecule has 1 heterocycles. The van der Waals surface area contributed by atoms with E-state index in [1.165, 1.54) is 12.1 Å². The van der Waals surface area contributed by atoms with Crippen LogP contribution in [0.1, 0.15) is 16.1 Å². The van der Waals surface area contributed by atoms with Crippen LogP contribution >= 0.6 is 15.9 Å². The van der Waals surface area contributed by atoms with E-state index in [4.69, 9.17) is 5.11 Å². The summed E-state index contributed by atoms with van der Waals surface area (Å²) in [5.74, 6) is -1.30. The van der Waals surface area contributed by atoms with Crippen LogP contribution in [0.15, 0.2) is 34.9 Å². The number of carbonyl (C=O) groups is 2. The smallest absolute Gasteiger partial charge is 0.335 e. The van der Waals surface area contributed by atoms with Crippen LogP contribution in [0.4, 0.5) is 5.69 Å². The van der Waals surface area contributed by atoms with Gasteiger partial charge in [-0.15, -0.1) is 0 Å². The summed E-state index contributed by atoms with van der Waals surface area (Å²) in [6.45, 7) is 0. The minimum absolute atomic E-state index is 0.103. The average Bonchev–Trinajstić information content (AvgIpc) is 2.80. The largest absolute Gasteiger partial charge is 0.478 e. The number of nitrogens with one attached hydrogen (secondary N) is 2. The summed E-state index contributed by atoms with van der Waals surface area (Å²) in [5.41, 5.74) is 1.22. The lowest BCUT2D eigenvalue weighted by Crippen LogP contribution is -2.15. The molecule has 0 spiro atoms. The molecule has 0 fully saturated rings. The van der Waals surface area contributed by atoms with Crippen molar-refractivity contribution in [2.24, 2.45) is 0 Å². The van der Waals surface area contributed by atoms with Crippen molar-refractivity contribution < 1.29 is 14.7 Å². The molecule has 0 saturated heterocycles. The van der Waals surface area contributed by atoms with Gasteiger partial charge in [-0.25, -0.2) is 4.79 Å². The summed E-state index contributed by atoms with van der Waals surface area (Å²) in [5, 5.41) is 18.0. The van der Waals surface area contributed by atoms with Gasteiger partial charge < -0.3 is 10.4 Å². The van der Waals surface area contributed by atoms with Gasteiger partial charge in [-0.3, -0.25) is 9.89 Å². The summed E-state index contributed by atoms with van der Waals surface area (Å²) in [6, 6.07) is 6.20. The van der Waals surface area contributed by atoms with Gasteiger partial charge in [0.15, 0.2) is 0 Å². The maximum atomic E-state index is 11.8. The van der Waals surface area contributed by atoms with E-state index in [1.807, 2.05) is 0 Å². The quantitative estimate of drug-likeness (QED) is 0.802. The van der Waals surface area contributed by atoms with Crippen molar-refractivity contribution in [1.82, 2.24) is 10.2 Å². The molecule has 19 heavy (non-hydrogen) atoms. The van der Waals surface area contributed by atoms with Crippen LogP contribution in [-0.2, 0) is 11.2 Å². The number of carboxylic acids is 1. The zero-order chi connectivity index (χ0) is 13.8. The van der Waals surface area contributed by atoms with Gasteiger partial charge in [-0.05, 0) is 24.3 Å². The number of rotatable bonds is 4. The lowest BCUT2D eigenvalue weighted by Gasteiger charge is -2.06. The molecule has 0 aliphatic carbocycles. The van der Waals surface area contributed by atoms with Gasteiger partial charge in [0.25, 0.3) is 0 Å². The number of anilines is 1. The second-order valence-corrected chi connectivity index (χ2v) is 4.76. The molecule has 7 heteroatoms. The van der Waals surface area contributed by atoms with Crippen LogP contribution in [-0.4, -0.2) is 27.2 Å². The molecule has 0 aliphatic heterocycles. The van der Waals surface area contributed by atoms with E-state index < -0.39 is 5.97 Å². The minimum Gasteiger partial charge on any atom is -0.478 e. The molecule has 0 radical (unpaired) electrons. The Balaban J connectivity index is 2.10. The van der Waals surface area contributed by atoms with Gasteiger partial charge in [-0.1, -0.05) is 15.9 Å². The number of H-pyrrole nitrogens is 1. The molecule has 2 rings (SSSR count). The Kier molecular flexibility index (Phi) is 3.96. The van der Waals surface area contributed by atoms with Crippen LogP contribution in [0.2, 0.25) is 0 Å². The van der Waals surface area contributed by atoms with E-state index in [0.717, 1.165) is 0 Å². The first kappa shape index (κ1) is 13.3. The fourth-order valence-corrected chi connectivity index (χ4v) is 2.04. The van der Waals surface area contributed by atoms with Gasteiger partial charge in [0.1, 0.15) is 0 Å². The lowest BCUT2D eigenvalue weighted by molar-refractivity contribution is -0.115. The van der Waals surface area contributed by atoms with Crippen molar-refractivity contribution in [2.75, 3.05) is 5.32 Å². The van der Waals surface area contributed by atoms with Crippen molar-refractivity contribution in [2.45, 2.75) is 6.42 Å². The zero-order valence-corrected chi connectivity index (χ0v) is 11.3. The molecule has 0 unspecified atom stereocenters. The summed E-state index contributed by atoms with van der Waals surface area (Å²) in [6.07, 6.45) is 1.71. The first-order valence-corrected chi connectivity index (χ1v) is 6.16. The first-order valence-electron chi connectivity index (χ1n) is 5.36. The maximum absolute atomic E-state index is 11.8. The summed E-state index contributed by atoms with van der Waals surface area (Å²) in [4.78, 5) is 22.7. The highest BCUT2D eigenvalue weighted by Gasteiger charge is 2.09. The first-order chi connectivity index (χ1) is 9.04. The van der Waals surface area contributed by atoms with Crippen molar-refractivity contribution in [3.63, 3.8) is 0 Å². The number of aromatic carboxylic acids is 1. The molecular formula is C12H10BrN3O3. The fourth-order valence-electron chi connectivity index (χ4n) is 1.55.